The number of nitrogens with one attached hydrogen (secondary N) is 1. The van der Waals surface area contributed by atoms with Crippen molar-refractivity contribution in [3.63, 3.8) is 0 Å². The summed E-state index contributed by atoms with van der Waals surface area (Å²) in [5, 5.41) is 13.6. The number of amides is 1. The predicted molar refractivity (Wildman–Crippen MR) is 153 cm³/mol. The van der Waals surface area contributed by atoms with Gasteiger partial charge in [0.05, 0.1) is 15.5 Å². The fourth-order valence-electron chi connectivity index (χ4n) is 5.05. The van der Waals surface area contributed by atoms with Crippen LogP contribution in [0, 0.1) is 5.41 Å². The number of fused-ring (bicyclic) bond motifs is 1. The first-order valence-corrected chi connectivity index (χ1v) is 15.9. The SMILES string of the molecule is CCCCC1(CCCC)CN(c2ccc(C(=O)NC(C)C)cc2)c2cc(SC)c(O)cc2S(O)(O)C1. The smallest absolute Gasteiger partial charge is 0.251 e. The van der Waals surface area contributed by atoms with Gasteiger partial charge < -0.3 is 15.3 Å². The van der Waals surface area contributed by atoms with Crippen LogP contribution in [0.4, 0.5) is 11.4 Å². The predicted octanol–water partition coefficient (Wildman–Crippen LogP) is 7.88. The molecule has 6 nitrogen and oxygen atoms in total. The zero-order valence-electron chi connectivity index (χ0n) is 22.2. The van der Waals surface area contributed by atoms with Crippen molar-refractivity contribution in [3.8, 4) is 5.75 Å². The summed E-state index contributed by atoms with van der Waals surface area (Å²) in [6.07, 6.45) is 7.81. The second-order valence-corrected chi connectivity index (χ2v) is 13.2. The normalized spacial score (nSPS) is 17.4. The highest BCUT2D eigenvalue weighted by Gasteiger charge is 2.42. The van der Waals surface area contributed by atoms with Crippen LogP contribution in [0.1, 0.15) is 76.6 Å². The van der Waals surface area contributed by atoms with Crippen molar-refractivity contribution < 1.29 is 19.0 Å². The molecule has 1 heterocycles. The van der Waals surface area contributed by atoms with Gasteiger partial charge in [-0.05, 0) is 63.3 Å². The molecule has 0 unspecified atom stereocenters. The molecule has 0 bridgehead atoms. The standard InChI is InChI=1S/C28H42N2O4S2/c1-6-8-14-28(15-9-7-2)18-30(22-12-10-21(11-13-22)27(32)29-20(3)4)23-16-25(35-5)24(31)17-26(23)36(33,34)19-28/h10-13,16-17,20,31,33-34H,6-9,14-15,18-19H2,1-5H3,(H,29,32). The summed E-state index contributed by atoms with van der Waals surface area (Å²) in [5.74, 6) is 0.240. The molecule has 2 aromatic rings. The summed E-state index contributed by atoms with van der Waals surface area (Å²) in [5.41, 5.74) is 1.91. The van der Waals surface area contributed by atoms with Gasteiger partial charge in [0, 0.05) is 41.1 Å². The van der Waals surface area contributed by atoms with Gasteiger partial charge in [-0.1, -0.05) is 39.5 Å². The maximum Gasteiger partial charge on any atom is 0.251 e. The second-order valence-electron chi connectivity index (χ2n) is 10.3. The molecule has 1 aliphatic heterocycles. The van der Waals surface area contributed by atoms with Crippen LogP contribution in [0.15, 0.2) is 46.2 Å². The maximum absolute atomic E-state index is 12.5. The third-order valence-corrected chi connectivity index (χ3v) is 9.70. The first-order valence-electron chi connectivity index (χ1n) is 12.9. The van der Waals surface area contributed by atoms with E-state index in [2.05, 4.69) is 24.1 Å². The third-order valence-electron chi connectivity index (χ3n) is 6.89. The lowest BCUT2D eigenvalue weighted by molar-refractivity contribution is 0.0943. The van der Waals surface area contributed by atoms with Crippen molar-refractivity contribution in [2.75, 3.05) is 23.5 Å². The van der Waals surface area contributed by atoms with E-state index < -0.39 is 10.6 Å². The fraction of sp³-hybridized carbons (Fsp3) is 0.536. The molecule has 0 aliphatic carbocycles. The first-order chi connectivity index (χ1) is 17.1. The molecule has 0 saturated heterocycles. The Labute approximate surface area is 222 Å². The Morgan fingerprint density at radius 2 is 1.72 bits per heavy atom. The Hall–Kier alpha value is -1.87. The minimum absolute atomic E-state index is 0.0512. The van der Waals surface area contributed by atoms with Crippen molar-refractivity contribution in [1.82, 2.24) is 5.32 Å². The zero-order valence-corrected chi connectivity index (χ0v) is 23.8. The number of rotatable bonds is 10. The molecule has 8 heteroatoms. The number of thioether (sulfide) groups is 1. The van der Waals surface area contributed by atoms with Gasteiger partial charge in [0.2, 0.25) is 0 Å². The summed E-state index contributed by atoms with van der Waals surface area (Å²) in [6, 6.07) is 11.0. The van der Waals surface area contributed by atoms with Gasteiger partial charge in [-0.3, -0.25) is 13.9 Å². The van der Waals surface area contributed by atoms with Crippen molar-refractivity contribution in [3.05, 3.63) is 42.0 Å². The molecule has 4 N–H and O–H groups in total. The Balaban J connectivity index is 2.16. The minimum Gasteiger partial charge on any atom is -0.507 e. The summed E-state index contributed by atoms with van der Waals surface area (Å²) < 4.78 is 23.1. The largest absolute Gasteiger partial charge is 0.507 e. The average molecular weight is 535 g/mol. The van der Waals surface area contributed by atoms with E-state index in [0.29, 0.717) is 27.6 Å². The molecular weight excluding hydrogens is 492 g/mol. The van der Waals surface area contributed by atoms with Crippen LogP contribution in [-0.2, 0) is 0 Å². The Kier molecular flexibility index (Phi) is 9.66. The van der Waals surface area contributed by atoms with Crippen molar-refractivity contribution in [2.24, 2.45) is 5.41 Å². The molecule has 0 atom stereocenters. The molecule has 2 aromatic carbocycles. The average Bonchev–Trinajstić information content (AvgIpc) is 2.93. The topological polar surface area (TPSA) is 93.0 Å². The number of phenolic OH excluding ortho intramolecular Hbond substituents is 1. The van der Waals surface area contributed by atoms with Crippen LogP contribution in [0.25, 0.3) is 0 Å². The van der Waals surface area contributed by atoms with E-state index in [9.17, 15) is 19.0 Å². The molecule has 36 heavy (non-hydrogen) atoms. The number of carbonyl (C=O) groups excluding carboxylic acids is 1. The number of hydrogen-bond donors (Lipinski definition) is 4. The molecule has 0 radical (unpaired) electrons. The van der Waals surface area contributed by atoms with Crippen molar-refractivity contribution in [1.29, 1.82) is 0 Å². The summed E-state index contributed by atoms with van der Waals surface area (Å²) in [4.78, 5) is 15.8. The number of phenols is 1. The minimum atomic E-state index is -3.15. The van der Waals surface area contributed by atoms with Crippen LogP contribution in [0.5, 0.6) is 5.75 Å². The van der Waals surface area contributed by atoms with E-state index in [4.69, 9.17) is 0 Å². The number of nitrogens with zero attached hydrogens (tertiary/aromatic N) is 1. The molecule has 0 saturated carbocycles. The Morgan fingerprint density at radius 3 is 2.25 bits per heavy atom. The Bertz CT molecular complexity index is 1030. The van der Waals surface area contributed by atoms with Crippen LogP contribution in [-0.4, -0.2) is 44.7 Å². The van der Waals surface area contributed by atoms with Crippen molar-refractivity contribution >= 4 is 39.6 Å². The van der Waals surface area contributed by atoms with Crippen LogP contribution in [0.3, 0.4) is 0 Å². The molecular formula is C28H42N2O4S2. The van der Waals surface area contributed by atoms with Crippen LogP contribution < -0.4 is 10.2 Å². The van der Waals surface area contributed by atoms with Crippen LogP contribution in [0.2, 0.25) is 0 Å². The van der Waals surface area contributed by atoms with Gasteiger partial charge in [-0.15, -0.1) is 11.8 Å². The third kappa shape index (κ3) is 6.52. The molecule has 3 rings (SSSR count). The number of hydrogen-bond acceptors (Lipinski definition) is 6. The highest BCUT2D eigenvalue weighted by Crippen LogP contribution is 2.62. The Morgan fingerprint density at radius 1 is 1.11 bits per heavy atom. The van der Waals surface area contributed by atoms with Crippen molar-refractivity contribution in [2.45, 2.75) is 82.1 Å². The molecule has 0 spiro atoms. The van der Waals surface area contributed by atoms with E-state index in [0.717, 1.165) is 44.2 Å². The number of anilines is 2. The first kappa shape index (κ1) is 28.7. The number of carbonyl (C=O) groups is 1. The van der Waals surface area contributed by atoms with Gasteiger partial charge in [0.1, 0.15) is 5.75 Å². The molecule has 1 amide bonds. The lowest BCUT2D eigenvalue weighted by Gasteiger charge is -2.42. The zero-order chi connectivity index (χ0) is 26.5. The lowest BCUT2D eigenvalue weighted by atomic mass is 9.79. The number of aromatic hydroxyl groups is 1. The fourth-order valence-corrected chi connectivity index (χ4v) is 7.74. The van der Waals surface area contributed by atoms with Gasteiger partial charge in [-0.25, -0.2) is 0 Å². The van der Waals surface area contributed by atoms with Gasteiger partial charge >= 0.3 is 0 Å². The molecule has 200 valence electrons. The van der Waals surface area contributed by atoms with Crippen LogP contribution >= 0.6 is 22.4 Å². The summed E-state index contributed by atoms with van der Waals surface area (Å²) >= 11 is 1.43. The van der Waals surface area contributed by atoms with E-state index in [1.807, 2.05) is 50.4 Å². The van der Waals surface area contributed by atoms with Gasteiger partial charge in [0.25, 0.3) is 5.91 Å². The molecule has 1 aliphatic rings. The second kappa shape index (κ2) is 12.1. The van der Waals surface area contributed by atoms with E-state index in [-0.39, 0.29) is 28.9 Å². The van der Waals surface area contributed by atoms with E-state index >= 15 is 0 Å². The highest BCUT2D eigenvalue weighted by atomic mass is 32.3. The summed E-state index contributed by atoms with van der Waals surface area (Å²) in [7, 11) is -3.15. The number of unbranched alkanes of at least 4 members (excludes halogenated alkanes) is 2. The summed E-state index contributed by atoms with van der Waals surface area (Å²) in [6.45, 7) is 8.84. The quantitative estimate of drug-likeness (QED) is 0.232. The lowest BCUT2D eigenvalue weighted by Crippen LogP contribution is -2.38. The van der Waals surface area contributed by atoms with E-state index in [1.54, 1.807) is 6.07 Å². The monoisotopic (exact) mass is 534 g/mol. The molecule has 0 fully saturated rings. The number of benzene rings is 2. The maximum atomic E-state index is 12.5. The van der Waals surface area contributed by atoms with Gasteiger partial charge in [-0.2, -0.15) is 10.6 Å². The highest BCUT2D eigenvalue weighted by molar-refractivity contribution is 8.24. The van der Waals surface area contributed by atoms with E-state index in [1.165, 1.54) is 11.8 Å². The van der Waals surface area contributed by atoms with Gasteiger partial charge in [0.15, 0.2) is 0 Å². The molecule has 0 aromatic heterocycles.